The SMILES string of the molecule is CC(C)(C)c1cc(Br)ccc1OCC(=O)Nc1ccccc1F. The Kier molecular flexibility index (Phi) is 5.42. The Morgan fingerprint density at radius 3 is 2.57 bits per heavy atom. The van der Waals surface area contributed by atoms with Crippen molar-refractivity contribution in [2.45, 2.75) is 26.2 Å². The lowest BCUT2D eigenvalue weighted by molar-refractivity contribution is -0.118. The molecule has 0 spiro atoms. The summed E-state index contributed by atoms with van der Waals surface area (Å²) >= 11 is 3.44. The summed E-state index contributed by atoms with van der Waals surface area (Å²) in [5.74, 6) is -0.234. The van der Waals surface area contributed by atoms with Crippen molar-refractivity contribution in [2.24, 2.45) is 0 Å². The number of benzene rings is 2. The number of anilines is 1. The minimum Gasteiger partial charge on any atom is -0.483 e. The van der Waals surface area contributed by atoms with E-state index in [4.69, 9.17) is 4.74 Å². The minimum atomic E-state index is -0.472. The number of nitrogens with one attached hydrogen (secondary N) is 1. The quantitative estimate of drug-likeness (QED) is 0.819. The van der Waals surface area contributed by atoms with Crippen LogP contribution in [0, 0.1) is 5.82 Å². The lowest BCUT2D eigenvalue weighted by atomic mass is 9.86. The first-order valence-electron chi connectivity index (χ1n) is 7.24. The third-order valence-corrected chi connectivity index (χ3v) is 3.75. The highest BCUT2D eigenvalue weighted by atomic mass is 79.9. The minimum absolute atomic E-state index is 0.124. The highest BCUT2D eigenvalue weighted by molar-refractivity contribution is 9.10. The second kappa shape index (κ2) is 7.13. The van der Waals surface area contributed by atoms with Crippen molar-refractivity contribution in [3.63, 3.8) is 0 Å². The molecule has 0 aromatic heterocycles. The molecule has 0 heterocycles. The maximum atomic E-state index is 13.5. The molecule has 0 aliphatic rings. The van der Waals surface area contributed by atoms with Gasteiger partial charge >= 0.3 is 0 Å². The van der Waals surface area contributed by atoms with Crippen LogP contribution in [0.3, 0.4) is 0 Å². The maximum Gasteiger partial charge on any atom is 0.262 e. The van der Waals surface area contributed by atoms with Gasteiger partial charge in [0.1, 0.15) is 11.6 Å². The number of ether oxygens (including phenoxy) is 1. The Bertz CT molecular complexity index is 710. The molecular formula is C18H19BrFNO2. The Morgan fingerprint density at radius 2 is 1.91 bits per heavy atom. The Morgan fingerprint density at radius 1 is 1.22 bits per heavy atom. The molecule has 5 heteroatoms. The monoisotopic (exact) mass is 379 g/mol. The van der Waals surface area contributed by atoms with Gasteiger partial charge in [0, 0.05) is 10.0 Å². The van der Waals surface area contributed by atoms with Crippen molar-refractivity contribution in [1.29, 1.82) is 0 Å². The van der Waals surface area contributed by atoms with Crippen LogP contribution in [0.1, 0.15) is 26.3 Å². The molecule has 1 N–H and O–H groups in total. The summed E-state index contributed by atoms with van der Waals surface area (Å²) in [4.78, 5) is 12.0. The Labute approximate surface area is 144 Å². The van der Waals surface area contributed by atoms with Gasteiger partial charge in [-0.3, -0.25) is 4.79 Å². The summed E-state index contributed by atoms with van der Waals surface area (Å²) in [6.45, 7) is 6.03. The molecule has 23 heavy (non-hydrogen) atoms. The zero-order valence-corrected chi connectivity index (χ0v) is 14.9. The maximum absolute atomic E-state index is 13.5. The first kappa shape index (κ1) is 17.5. The fraction of sp³-hybridized carbons (Fsp3) is 0.278. The molecule has 0 aliphatic heterocycles. The van der Waals surface area contributed by atoms with Crippen LogP contribution in [-0.4, -0.2) is 12.5 Å². The second-order valence-corrected chi connectivity index (χ2v) is 7.12. The zero-order valence-electron chi connectivity index (χ0n) is 13.3. The average Bonchev–Trinajstić information content (AvgIpc) is 2.47. The summed E-state index contributed by atoms with van der Waals surface area (Å²) in [5, 5.41) is 2.50. The van der Waals surface area contributed by atoms with Crippen molar-refractivity contribution >= 4 is 27.5 Å². The van der Waals surface area contributed by atoms with Gasteiger partial charge in [0.2, 0.25) is 0 Å². The number of carbonyl (C=O) groups excluding carboxylic acids is 1. The molecule has 3 nitrogen and oxygen atoms in total. The van der Waals surface area contributed by atoms with E-state index >= 15 is 0 Å². The van der Waals surface area contributed by atoms with E-state index in [0.29, 0.717) is 5.75 Å². The Hall–Kier alpha value is -1.88. The Balaban J connectivity index is 2.06. The van der Waals surface area contributed by atoms with Gasteiger partial charge in [0.05, 0.1) is 5.69 Å². The van der Waals surface area contributed by atoms with E-state index in [1.54, 1.807) is 12.1 Å². The van der Waals surface area contributed by atoms with Gasteiger partial charge in [0.25, 0.3) is 5.91 Å². The molecule has 0 aliphatic carbocycles. The third-order valence-electron chi connectivity index (χ3n) is 3.26. The van der Waals surface area contributed by atoms with E-state index in [-0.39, 0.29) is 17.7 Å². The molecule has 2 rings (SSSR count). The topological polar surface area (TPSA) is 38.3 Å². The summed E-state index contributed by atoms with van der Waals surface area (Å²) in [5.41, 5.74) is 1.01. The predicted molar refractivity (Wildman–Crippen MR) is 93.4 cm³/mol. The number of halogens is 2. The molecule has 0 atom stereocenters. The van der Waals surface area contributed by atoms with Crippen LogP contribution in [0.5, 0.6) is 5.75 Å². The molecule has 122 valence electrons. The van der Waals surface area contributed by atoms with Crippen LogP contribution in [-0.2, 0) is 10.2 Å². The normalized spacial score (nSPS) is 11.2. The lowest BCUT2D eigenvalue weighted by Gasteiger charge is -2.23. The summed E-state index contributed by atoms with van der Waals surface area (Å²) in [6, 6.07) is 11.7. The highest BCUT2D eigenvalue weighted by Gasteiger charge is 2.20. The number of para-hydroxylation sites is 1. The van der Waals surface area contributed by atoms with E-state index in [1.807, 2.05) is 18.2 Å². The molecule has 0 radical (unpaired) electrons. The van der Waals surface area contributed by atoms with Crippen LogP contribution < -0.4 is 10.1 Å². The summed E-state index contributed by atoms with van der Waals surface area (Å²) in [6.07, 6.45) is 0. The molecule has 0 fully saturated rings. The van der Waals surface area contributed by atoms with E-state index in [0.717, 1.165) is 10.0 Å². The zero-order chi connectivity index (χ0) is 17.0. The van der Waals surface area contributed by atoms with Crippen molar-refractivity contribution in [3.8, 4) is 5.75 Å². The third kappa shape index (κ3) is 4.79. The van der Waals surface area contributed by atoms with Crippen molar-refractivity contribution in [1.82, 2.24) is 0 Å². The fourth-order valence-electron chi connectivity index (χ4n) is 2.11. The number of hydrogen-bond acceptors (Lipinski definition) is 2. The smallest absolute Gasteiger partial charge is 0.262 e. The number of carbonyl (C=O) groups is 1. The van der Waals surface area contributed by atoms with Gasteiger partial charge in [-0.15, -0.1) is 0 Å². The first-order chi connectivity index (χ1) is 10.8. The van der Waals surface area contributed by atoms with Gasteiger partial charge in [-0.25, -0.2) is 4.39 Å². The molecule has 2 aromatic rings. The molecule has 2 aromatic carbocycles. The fourth-order valence-corrected chi connectivity index (χ4v) is 2.47. The van der Waals surface area contributed by atoms with Crippen LogP contribution in [0.15, 0.2) is 46.9 Å². The van der Waals surface area contributed by atoms with Crippen LogP contribution in [0.25, 0.3) is 0 Å². The van der Waals surface area contributed by atoms with Crippen LogP contribution in [0.4, 0.5) is 10.1 Å². The van der Waals surface area contributed by atoms with Crippen molar-refractivity contribution < 1.29 is 13.9 Å². The molecule has 0 saturated carbocycles. The van der Waals surface area contributed by atoms with E-state index in [1.165, 1.54) is 12.1 Å². The largest absolute Gasteiger partial charge is 0.483 e. The molecule has 1 amide bonds. The summed E-state index contributed by atoms with van der Waals surface area (Å²) < 4.78 is 20.1. The van der Waals surface area contributed by atoms with Crippen molar-refractivity contribution in [2.75, 3.05) is 11.9 Å². The summed E-state index contributed by atoms with van der Waals surface area (Å²) in [7, 11) is 0. The second-order valence-electron chi connectivity index (χ2n) is 6.21. The van der Waals surface area contributed by atoms with Gasteiger partial charge in [0.15, 0.2) is 6.61 Å². The van der Waals surface area contributed by atoms with Gasteiger partial charge < -0.3 is 10.1 Å². The molecule has 0 unspecified atom stereocenters. The average molecular weight is 380 g/mol. The molecular weight excluding hydrogens is 361 g/mol. The standard InChI is InChI=1S/C18H19BrFNO2/c1-18(2,3)13-10-12(19)8-9-16(13)23-11-17(22)21-15-7-5-4-6-14(15)20/h4-10H,11H2,1-3H3,(H,21,22). The predicted octanol–water partition coefficient (Wildman–Crippen LogP) is 4.90. The van der Waals surface area contributed by atoms with E-state index < -0.39 is 11.7 Å². The lowest BCUT2D eigenvalue weighted by Crippen LogP contribution is -2.22. The van der Waals surface area contributed by atoms with E-state index in [2.05, 4.69) is 42.0 Å². The van der Waals surface area contributed by atoms with Crippen LogP contribution in [0.2, 0.25) is 0 Å². The first-order valence-corrected chi connectivity index (χ1v) is 8.04. The molecule has 0 bridgehead atoms. The molecule has 0 saturated heterocycles. The van der Waals surface area contributed by atoms with Gasteiger partial charge in [-0.05, 0) is 35.7 Å². The number of rotatable bonds is 4. The number of amides is 1. The van der Waals surface area contributed by atoms with Gasteiger partial charge in [-0.1, -0.05) is 48.8 Å². The van der Waals surface area contributed by atoms with E-state index in [9.17, 15) is 9.18 Å². The van der Waals surface area contributed by atoms with Crippen LogP contribution >= 0.6 is 15.9 Å². The highest BCUT2D eigenvalue weighted by Crippen LogP contribution is 2.33. The van der Waals surface area contributed by atoms with Crippen molar-refractivity contribution in [3.05, 3.63) is 58.3 Å². The van der Waals surface area contributed by atoms with Gasteiger partial charge in [-0.2, -0.15) is 0 Å². The number of hydrogen-bond donors (Lipinski definition) is 1.